The Kier molecular flexibility index (Phi) is 6.82. The average molecular weight is 514 g/mol. The van der Waals surface area contributed by atoms with Gasteiger partial charge in [0.15, 0.2) is 0 Å². The van der Waals surface area contributed by atoms with E-state index in [2.05, 4.69) is 5.16 Å². The topological polar surface area (TPSA) is 103 Å². The molecule has 1 aliphatic heterocycles. The summed E-state index contributed by atoms with van der Waals surface area (Å²) in [7, 11) is 0. The van der Waals surface area contributed by atoms with Crippen LogP contribution < -0.4 is 0 Å². The molecule has 0 bridgehead atoms. The molecule has 12 heteroatoms. The molecular formula is C22H16Cl2F3N3O4. The van der Waals surface area contributed by atoms with Crippen LogP contribution in [0.4, 0.5) is 18.0 Å². The first-order valence-electron chi connectivity index (χ1n) is 9.67. The second-order valence-electron chi connectivity index (χ2n) is 7.55. The third-order valence-corrected chi connectivity index (χ3v) is 6.10. The number of hydrogen-bond acceptors (Lipinski definition) is 5. The zero-order valence-corrected chi connectivity index (χ0v) is 19.2. The molecule has 1 heterocycles. The molecule has 0 radical (unpaired) electrons. The third kappa shape index (κ3) is 4.41. The molecule has 2 atom stereocenters. The number of oxime groups is 1. The molecule has 1 aliphatic rings. The standard InChI is InChI=1S/C22H16Cl2F3N3O4/c1-11-7-13(3-5-15(11)19(31)30(20(32)33)12(2)10-28)18-9-21(34-29-18,22(25,26)27)14-4-6-16(23)17(24)8-14/h3-8,12H,9H2,1-2H3,(H,32,33). The van der Waals surface area contributed by atoms with Gasteiger partial charge in [0.2, 0.25) is 0 Å². The lowest BCUT2D eigenvalue weighted by Gasteiger charge is -2.29. The van der Waals surface area contributed by atoms with Gasteiger partial charge in [0.05, 0.1) is 21.8 Å². The van der Waals surface area contributed by atoms with Crippen LogP contribution in [0.5, 0.6) is 0 Å². The summed E-state index contributed by atoms with van der Waals surface area (Å²) >= 11 is 11.7. The van der Waals surface area contributed by atoms with Gasteiger partial charge in [-0.15, -0.1) is 0 Å². The van der Waals surface area contributed by atoms with Crippen molar-refractivity contribution >= 4 is 40.9 Å². The Morgan fingerprint density at radius 1 is 1.24 bits per heavy atom. The van der Waals surface area contributed by atoms with E-state index >= 15 is 0 Å². The van der Waals surface area contributed by atoms with E-state index in [-0.39, 0.29) is 38.0 Å². The number of nitriles is 1. The number of rotatable bonds is 4. The van der Waals surface area contributed by atoms with Crippen molar-refractivity contribution in [3.8, 4) is 6.07 Å². The summed E-state index contributed by atoms with van der Waals surface area (Å²) in [6.45, 7) is 2.74. The summed E-state index contributed by atoms with van der Waals surface area (Å²) < 4.78 is 42.4. The van der Waals surface area contributed by atoms with E-state index in [1.807, 2.05) is 0 Å². The van der Waals surface area contributed by atoms with Crippen molar-refractivity contribution in [2.45, 2.75) is 38.1 Å². The lowest BCUT2D eigenvalue weighted by atomic mass is 9.86. The molecule has 0 aliphatic carbocycles. The van der Waals surface area contributed by atoms with Gasteiger partial charge >= 0.3 is 12.3 Å². The number of halogens is 5. The average Bonchev–Trinajstić information content (AvgIpc) is 3.22. The Morgan fingerprint density at radius 2 is 1.91 bits per heavy atom. The molecule has 0 spiro atoms. The van der Waals surface area contributed by atoms with Crippen LogP contribution in [-0.4, -0.2) is 39.9 Å². The highest BCUT2D eigenvalue weighted by Gasteiger charge is 2.62. The highest BCUT2D eigenvalue weighted by atomic mass is 35.5. The largest absolute Gasteiger partial charge is 0.465 e. The van der Waals surface area contributed by atoms with Crippen LogP contribution >= 0.6 is 23.2 Å². The smallest absolute Gasteiger partial charge is 0.435 e. The van der Waals surface area contributed by atoms with Crippen LogP contribution in [0.1, 0.15) is 40.4 Å². The highest BCUT2D eigenvalue weighted by molar-refractivity contribution is 6.42. The number of aryl methyl sites for hydroxylation is 1. The van der Waals surface area contributed by atoms with Gasteiger partial charge in [-0.3, -0.25) is 4.79 Å². The lowest BCUT2D eigenvalue weighted by Crippen LogP contribution is -2.42. The predicted molar refractivity (Wildman–Crippen MR) is 117 cm³/mol. The minimum Gasteiger partial charge on any atom is -0.465 e. The summed E-state index contributed by atoms with van der Waals surface area (Å²) in [6.07, 6.45) is -7.13. The number of imide groups is 1. The predicted octanol–water partition coefficient (Wildman–Crippen LogP) is 5.92. The molecule has 3 rings (SSSR count). The van der Waals surface area contributed by atoms with Crippen LogP contribution in [0.15, 0.2) is 41.6 Å². The van der Waals surface area contributed by atoms with Crippen LogP contribution in [0.2, 0.25) is 10.0 Å². The Morgan fingerprint density at radius 3 is 2.44 bits per heavy atom. The Bertz CT molecular complexity index is 1240. The van der Waals surface area contributed by atoms with Crippen molar-refractivity contribution in [2.24, 2.45) is 5.16 Å². The van der Waals surface area contributed by atoms with E-state index in [0.717, 1.165) is 12.1 Å². The molecule has 2 unspecified atom stereocenters. The van der Waals surface area contributed by atoms with Crippen molar-refractivity contribution < 1.29 is 32.7 Å². The number of hydrogen-bond donors (Lipinski definition) is 1. The van der Waals surface area contributed by atoms with Crippen LogP contribution in [0.25, 0.3) is 0 Å². The molecule has 0 aromatic heterocycles. The summed E-state index contributed by atoms with van der Waals surface area (Å²) in [6, 6.07) is 7.90. The fourth-order valence-corrected chi connectivity index (χ4v) is 3.80. The number of carbonyl (C=O) groups excluding carboxylic acids is 1. The van der Waals surface area contributed by atoms with E-state index in [4.69, 9.17) is 33.3 Å². The van der Waals surface area contributed by atoms with Crippen LogP contribution in [0.3, 0.4) is 0 Å². The lowest BCUT2D eigenvalue weighted by molar-refractivity contribution is -0.275. The molecule has 2 aromatic carbocycles. The molecule has 178 valence electrons. The van der Waals surface area contributed by atoms with Gasteiger partial charge < -0.3 is 9.94 Å². The maximum absolute atomic E-state index is 14.1. The van der Waals surface area contributed by atoms with E-state index < -0.39 is 36.2 Å². The zero-order valence-electron chi connectivity index (χ0n) is 17.7. The summed E-state index contributed by atoms with van der Waals surface area (Å²) in [5, 5.41) is 22.0. The van der Waals surface area contributed by atoms with Crippen LogP contribution in [-0.2, 0) is 10.4 Å². The molecule has 34 heavy (non-hydrogen) atoms. The van der Waals surface area contributed by atoms with Gasteiger partial charge in [0, 0.05) is 17.5 Å². The number of nitrogens with zero attached hydrogens (tertiary/aromatic N) is 3. The maximum atomic E-state index is 14.1. The highest BCUT2D eigenvalue weighted by Crippen LogP contribution is 2.49. The number of carbonyl (C=O) groups is 2. The molecule has 2 aromatic rings. The third-order valence-electron chi connectivity index (χ3n) is 5.36. The first-order valence-corrected chi connectivity index (χ1v) is 10.4. The maximum Gasteiger partial charge on any atom is 0.435 e. The summed E-state index contributed by atoms with van der Waals surface area (Å²) in [5.41, 5.74) is -2.61. The minimum absolute atomic E-state index is 0.0284. The number of amides is 2. The molecule has 0 fully saturated rings. The minimum atomic E-state index is -4.85. The van der Waals surface area contributed by atoms with Crippen molar-refractivity contribution in [3.63, 3.8) is 0 Å². The number of carboxylic acid groups (broad SMARTS) is 1. The molecule has 1 N–H and O–H groups in total. The molecule has 7 nitrogen and oxygen atoms in total. The monoisotopic (exact) mass is 513 g/mol. The zero-order chi connectivity index (χ0) is 25.4. The van der Waals surface area contributed by atoms with Crippen molar-refractivity contribution in [3.05, 3.63) is 68.7 Å². The van der Waals surface area contributed by atoms with E-state index in [1.54, 1.807) is 6.07 Å². The number of benzene rings is 2. The van der Waals surface area contributed by atoms with Gasteiger partial charge in [-0.05, 0) is 49.2 Å². The first kappa shape index (κ1) is 25.3. The van der Waals surface area contributed by atoms with Gasteiger partial charge in [-0.1, -0.05) is 40.5 Å². The van der Waals surface area contributed by atoms with Gasteiger partial charge in [0.25, 0.3) is 11.5 Å². The quantitative estimate of drug-likeness (QED) is 0.546. The summed E-state index contributed by atoms with van der Waals surface area (Å²) in [4.78, 5) is 29.5. The molecule has 0 saturated heterocycles. The van der Waals surface area contributed by atoms with E-state index in [0.29, 0.717) is 4.90 Å². The first-order chi connectivity index (χ1) is 15.8. The van der Waals surface area contributed by atoms with Crippen molar-refractivity contribution in [2.75, 3.05) is 0 Å². The second kappa shape index (κ2) is 9.16. The molecular weight excluding hydrogens is 498 g/mol. The van der Waals surface area contributed by atoms with Crippen molar-refractivity contribution in [1.29, 1.82) is 5.26 Å². The van der Waals surface area contributed by atoms with Crippen molar-refractivity contribution in [1.82, 2.24) is 4.90 Å². The van der Waals surface area contributed by atoms with Gasteiger partial charge in [-0.2, -0.15) is 18.4 Å². The van der Waals surface area contributed by atoms with Crippen LogP contribution in [0, 0.1) is 18.3 Å². The SMILES string of the molecule is Cc1cc(C2=NOC(c3ccc(Cl)c(Cl)c3)(C(F)(F)F)C2)ccc1C(=O)N(C(=O)O)C(C)C#N. The fraction of sp³-hybridized carbons (Fsp3) is 0.273. The Hall–Kier alpha value is -3.29. The molecule has 0 saturated carbocycles. The second-order valence-corrected chi connectivity index (χ2v) is 8.37. The summed E-state index contributed by atoms with van der Waals surface area (Å²) in [5.74, 6) is -0.935. The molecule has 2 amide bonds. The number of alkyl halides is 3. The Labute approximate surface area is 201 Å². The van der Waals surface area contributed by atoms with Gasteiger partial charge in [0.1, 0.15) is 6.04 Å². The van der Waals surface area contributed by atoms with E-state index in [1.165, 1.54) is 38.1 Å². The van der Waals surface area contributed by atoms with E-state index in [9.17, 15) is 27.9 Å². The normalized spacial score (nSPS) is 18.5. The Balaban J connectivity index is 1.95. The van der Waals surface area contributed by atoms with Gasteiger partial charge in [-0.25, -0.2) is 9.69 Å². The fourth-order valence-electron chi connectivity index (χ4n) is 3.50.